The van der Waals surface area contributed by atoms with Crippen LogP contribution in [0.4, 0.5) is 5.69 Å². The molecule has 0 aliphatic heterocycles. The highest BCUT2D eigenvalue weighted by Gasteiger charge is 2.15. The number of carbonyl (C=O) groups is 1. The molecule has 0 radical (unpaired) electrons. The summed E-state index contributed by atoms with van der Waals surface area (Å²) < 4.78 is 5.06. The summed E-state index contributed by atoms with van der Waals surface area (Å²) in [5, 5.41) is 7.07. The van der Waals surface area contributed by atoms with Gasteiger partial charge in [-0.1, -0.05) is 13.0 Å². The molecule has 6 heteroatoms. The second-order valence-corrected chi connectivity index (χ2v) is 5.49. The number of ether oxygens (including phenoxy) is 1. The lowest BCUT2D eigenvalue weighted by molar-refractivity contribution is -0.108. The minimum Gasteiger partial charge on any atom is -0.364 e. The monoisotopic (exact) mass is 305 g/mol. The van der Waals surface area contributed by atoms with Gasteiger partial charge >= 0.3 is 0 Å². The predicted molar refractivity (Wildman–Crippen MR) is 84.7 cm³/mol. The van der Waals surface area contributed by atoms with Gasteiger partial charge in [-0.25, -0.2) is 0 Å². The SMILES string of the molecule is COCN(C=O)c1ccc(C(C)c2cc[nH]n2)cc1SC. The van der Waals surface area contributed by atoms with Crippen LogP contribution in [0.5, 0.6) is 0 Å². The normalized spacial score (nSPS) is 12.1. The summed E-state index contributed by atoms with van der Waals surface area (Å²) in [5.41, 5.74) is 3.02. The van der Waals surface area contributed by atoms with E-state index in [4.69, 9.17) is 4.74 Å². The van der Waals surface area contributed by atoms with Gasteiger partial charge in [-0.2, -0.15) is 5.10 Å². The highest BCUT2D eigenvalue weighted by molar-refractivity contribution is 7.98. The van der Waals surface area contributed by atoms with Crippen LogP contribution in [-0.4, -0.2) is 36.7 Å². The molecule has 0 aliphatic carbocycles. The summed E-state index contributed by atoms with van der Waals surface area (Å²) >= 11 is 1.61. The molecule has 1 atom stereocenters. The number of hydrogen-bond donors (Lipinski definition) is 1. The summed E-state index contributed by atoms with van der Waals surface area (Å²) in [4.78, 5) is 13.8. The zero-order valence-corrected chi connectivity index (χ0v) is 13.2. The Balaban J connectivity index is 2.33. The molecule has 0 saturated carbocycles. The highest BCUT2D eigenvalue weighted by Crippen LogP contribution is 2.33. The summed E-state index contributed by atoms with van der Waals surface area (Å²) in [7, 11) is 1.57. The zero-order valence-electron chi connectivity index (χ0n) is 12.4. The number of aromatic amines is 1. The Morgan fingerprint density at radius 1 is 1.48 bits per heavy atom. The Hall–Kier alpha value is -1.79. The van der Waals surface area contributed by atoms with Crippen LogP contribution >= 0.6 is 11.8 Å². The molecule has 1 N–H and O–H groups in total. The molecule has 0 saturated heterocycles. The number of thioether (sulfide) groups is 1. The Morgan fingerprint density at radius 2 is 2.29 bits per heavy atom. The number of rotatable bonds is 7. The van der Waals surface area contributed by atoms with Crippen molar-refractivity contribution in [2.24, 2.45) is 0 Å². The maximum Gasteiger partial charge on any atom is 0.216 e. The third-order valence-electron chi connectivity index (χ3n) is 3.37. The second kappa shape index (κ2) is 7.28. The van der Waals surface area contributed by atoms with E-state index >= 15 is 0 Å². The number of H-pyrrole nitrogens is 1. The first-order chi connectivity index (χ1) is 10.2. The maximum atomic E-state index is 11.2. The fourth-order valence-corrected chi connectivity index (χ4v) is 2.83. The molecule has 112 valence electrons. The number of aromatic nitrogens is 2. The van der Waals surface area contributed by atoms with Crippen molar-refractivity contribution in [2.75, 3.05) is 25.0 Å². The molecule has 1 aromatic heterocycles. The second-order valence-electron chi connectivity index (χ2n) is 4.65. The van der Waals surface area contributed by atoms with Crippen LogP contribution in [0, 0.1) is 0 Å². The molecule has 2 aromatic rings. The van der Waals surface area contributed by atoms with E-state index in [0.717, 1.165) is 22.7 Å². The molecule has 0 bridgehead atoms. The summed E-state index contributed by atoms with van der Waals surface area (Å²) in [6.45, 7) is 2.35. The summed E-state index contributed by atoms with van der Waals surface area (Å²) in [6, 6.07) is 8.06. The number of methoxy groups -OCH3 is 1. The van der Waals surface area contributed by atoms with Gasteiger partial charge in [0.2, 0.25) is 6.41 Å². The Labute approximate surface area is 128 Å². The Morgan fingerprint density at radius 3 is 2.86 bits per heavy atom. The van der Waals surface area contributed by atoms with E-state index in [-0.39, 0.29) is 12.6 Å². The van der Waals surface area contributed by atoms with E-state index in [1.54, 1.807) is 23.8 Å². The molecular formula is C15H19N3O2S. The van der Waals surface area contributed by atoms with Gasteiger partial charge in [0.1, 0.15) is 6.73 Å². The number of amides is 1. The largest absolute Gasteiger partial charge is 0.364 e. The van der Waals surface area contributed by atoms with Gasteiger partial charge < -0.3 is 4.74 Å². The van der Waals surface area contributed by atoms with E-state index in [2.05, 4.69) is 23.2 Å². The smallest absolute Gasteiger partial charge is 0.216 e. The fraction of sp³-hybridized carbons (Fsp3) is 0.333. The Bertz CT molecular complexity index is 587. The number of nitrogens with one attached hydrogen (secondary N) is 1. The van der Waals surface area contributed by atoms with E-state index in [9.17, 15) is 4.79 Å². The van der Waals surface area contributed by atoms with Crippen LogP contribution in [0.15, 0.2) is 35.4 Å². The number of benzene rings is 1. The van der Waals surface area contributed by atoms with Crippen molar-refractivity contribution in [3.63, 3.8) is 0 Å². The van der Waals surface area contributed by atoms with Crippen molar-refractivity contribution in [3.05, 3.63) is 41.7 Å². The van der Waals surface area contributed by atoms with Crippen molar-refractivity contribution in [1.29, 1.82) is 0 Å². The maximum absolute atomic E-state index is 11.2. The predicted octanol–water partition coefficient (Wildman–Crippen LogP) is 2.85. The van der Waals surface area contributed by atoms with Gasteiger partial charge in [-0.15, -0.1) is 11.8 Å². The van der Waals surface area contributed by atoms with Crippen LogP contribution in [0.1, 0.15) is 24.1 Å². The first kappa shape index (κ1) is 15.6. The minimum atomic E-state index is 0.198. The third-order valence-corrected chi connectivity index (χ3v) is 4.14. The van der Waals surface area contributed by atoms with Crippen LogP contribution < -0.4 is 4.90 Å². The van der Waals surface area contributed by atoms with Crippen molar-refractivity contribution in [2.45, 2.75) is 17.7 Å². The lowest BCUT2D eigenvalue weighted by Crippen LogP contribution is -2.24. The van der Waals surface area contributed by atoms with E-state index < -0.39 is 0 Å². The van der Waals surface area contributed by atoms with Crippen molar-refractivity contribution >= 4 is 23.9 Å². The highest BCUT2D eigenvalue weighted by atomic mass is 32.2. The number of carbonyl (C=O) groups excluding carboxylic acids is 1. The molecule has 1 heterocycles. The van der Waals surface area contributed by atoms with Crippen LogP contribution in [0.25, 0.3) is 0 Å². The van der Waals surface area contributed by atoms with E-state index in [1.807, 2.05) is 30.7 Å². The molecule has 0 aliphatic rings. The Kier molecular flexibility index (Phi) is 5.41. The average molecular weight is 305 g/mol. The first-order valence-electron chi connectivity index (χ1n) is 6.59. The first-order valence-corrected chi connectivity index (χ1v) is 7.82. The fourth-order valence-electron chi connectivity index (χ4n) is 2.18. The number of hydrogen-bond acceptors (Lipinski definition) is 4. The molecular weight excluding hydrogens is 286 g/mol. The molecule has 2 rings (SSSR count). The summed E-state index contributed by atoms with van der Waals surface area (Å²) in [6.07, 6.45) is 4.61. The molecule has 5 nitrogen and oxygen atoms in total. The van der Waals surface area contributed by atoms with Gasteiger partial charge in [0.05, 0.1) is 11.4 Å². The molecule has 0 fully saturated rings. The molecule has 1 amide bonds. The topological polar surface area (TPSA) is 58.2 Å². The van der Waals surface area contributed by atoms with Crippen LogP contribution in [0.2, 0.25) is 0 Å². The van der Waals surface area contributed by atoms with Gasteiger partial charge in [-0.3, -0.25) is 14.8 Å². The number of nitrogens with zero attached hydrogens (tertiary/aromatic N) is 2. The van der Waals surface area contributed by atoms with Crippen LogP contribution in [-0.2, 0) is 9.53 Å². The van der Waals surface area contributed by atoms with Gasteiger partial charge in [0, 0.05) is 24.1 Å². The average Bonchev–Trinajstić information content (AvgIpc) is 3.05. The van der Waals surface area contributed by atoms with Crippen LogP contribution in [0.3, 0.4) is 0 Å². The van der Waals surface area contributed by atoms with Crippen molar-refractivity contribution < 1.29 is 9.53 Å². The minimum absolute atomic E-state index is 0.198. The number of anilines is 1. The van der Waals surface area contributed by atoms with Crippen molar-refractivity contribution in [3.8, 4) is 0 Å². The lowest BCUT2D eigenvalue weighted by Gasteiger charge is -2.20. The van der Waals surface area contributed by atoms with Gasteiger partial charge in [0.15, 0.2) is 0 Å². The third kappa shape index (κ3) is 3.46. The zero-order chi connectivity index (χ0) is 15.2. The van der Waals surface area contributed by atoms with E-state index in [1.165, 1.54) is 5.56 Å². The van der Waals surface area contributed by atoms with E-state index in [0.29, 0.717) is 0 Å². The molecule has 1 aromatic carbocycles. The quantitative estimate of drug-likeness (QED) is 0.485. The summed E-state index contributed by atoms with van der Waals surface area (Å²) in [5.74, 6) is 0.198. The standard InChI is InChI=1S/C15H19N3O2S/c1-11(13-6-7-16-17-13)12-4-5-14(15(8-12)21-3)18(9-19)10-20-2/h4-9,11H,10H2,1-3H3,(H,16,17). The molecule has 1 unspecified atom stereocenters. The lowest BCUT2D eigenvalue weighted by atomic mass is 9.97. The van der Waals surface area contributed by atoms with Gasteiger partial charge in [-0.05, 0) is 30.0 Å². The van der Waals surface area contributed by atoms with Gasteiger partial charge in [0.25, 0.3) is 0 Å². The van der Waals surface area contributed by atoms with Crippen molar-refractivity contribution in [1.82, 2.24) is 10.2 Å². The molecule has 21 heavy (non-hydrogen) atoms. The molecule has 0 spiro atoms.